The molecule has 8 heteroatoms. The van der Waals surface area contributed by atoms with Crippen molar-refractivity contribution in [3.8, 4) is 0 Å². The summed E-state index contributed by atoms with van der Waals surface area (Å²) in [7, 11) is -3.79. The van der Waals surface area contributed by atoms with Gasteiger partial charge in [-0.1, -0.05) is 52.8 Å². The number of hydrogen-bond donors (Lipinski definition) is 2. The third-order valence-corrected chi connectivity index (χ3v) is 7.63. The average molecular weight is 500 g/mol. The van der Waals surface area contributed by atoms with Gasteiger partial charge in [-0.25, -0.2) is 8.42 Å². The third kappa shape index (κ3) is 7.07. The second-order valence-electron chi connectivity index (χ2n) is 10.7. The number of carbonyl (C=O) groups excluding carboxylic acids is 2. The quantitative estimate of drug-likeness (QED) is 0.590. The first-order valence-corrected chi connectivity index (χ1v) is 13.7. The smallest absolute Gasteiger partial charge is 0.261 e. The molecule has 2 aromatic carbocycles. The Hall–Kier alpha value is -2.87. The second kappa shape index (κ2) is 10.8. The van der Waals surface area contributed by atoms with E-state index in [2.05, 4.69) is 44.7 Å². The number of hydrogen-bond acceptors (Lipinski definition) is 4. The molecule has 3 rings (SSSR count). The minimum Gasteiger partial charge on any atom is -0.356 e. The van der Waals surface area contributed by atoms with Crippen molar-refractivity contribution >= 4 is 27.5 Å². The number of rotatable bonds is 7. The van der Waals surface area contributed by atoms with E-state index < -0.39 is 10.0 Å². The second-order valence-corrected chi connectivity index (χ2v) is 12.3. The van der Waals surface area contributed by atoms with Gasteiger partial charge >= 0.3 is 0 Å². The fourth-order valence-corrected chi connectivity index (χ4v) is 5.09. The number of nitrogens with one attached hydrogen (secondary N) is 2. The molecule has 0 spiro atoms. The van der Waals surface area contributed by atoms with E-state index in [1.165, 1.54) is 0 Å². The largest absolute Gasteiger partial charge is 0.356 e. The molecular formula is C27H37N3O4S. The molecule has 1 heterocycles. The molecule has 2 amide bonds. The zero-order valence-electron chi connectivity index (χ0n) is 21.3. The summed E-state index contributed by atoms with van der Waals surface area (Å²) in [6.45, 7) is 12.0. The zero-order valence-corrected chi connectivity index (χ0v) is 22.1. The van der Waals surface area contributed by atoms with Gasteiger partial charge < -0.3 is 10.2 Å². The van der Waals surface area contributed by atoms with Crippen LogP contribution in [-0.4, -0.2) is 44.8 Å². The predicted octanol–water partition coefficient (Wildman–Crippen LogP) is 4.41. The zero-order chi connectivity index (χ0) is 25.8. The molecule has 2 N–H and O–H groups in total. The topological polar surface area (TPSA) is 95.6 Å². The van der Waals surface area contributed by atoms with Crippen LogP contribution in [0.2, 0.25) is 0 Å². The van der Waals surface area contributed by atoms with Crippen molar-refractivity contribution in [2.24, 2.45) is 11.8 Å². The van der Waals surface area contributed by atoms with Crippen molar-refractivity contribution < 1.29 is 18.0 Å². The Kier molecular flexibility index (Phi) is 8.26. The Morgan fingerprint density at radius 1 is 1.03 bits per heavy atom. The van der Waals surface area contributed by atoms with Gasteiger partial charge in [-0.2, -0.15) is 0 Å². The number of amides is 2. The third-order valence-electron chi connectivity index (χ3n) is 6.23. The molecule has 7 nitrogen and oxygen atoms in total. The van der Waals surface area contributed by atoms with Crippen LogP contribution in [0.3, 0.4) is 0 Å². The maximum absolute atomic E-state index is 13.1. The highest BCUT2D eigenvalue weighted by Gasteiger charge is 2.28. The van der Waals surface area contributed by atoms with E-state index in [1.54, 1.807) is 41.3 Å². The van der Waals surface area contributed by atoms with Gasteiger partial charge in [0.1, 0.15) is 0 Å². The number of anilines is 1. The standard InChI is InChI=1S/C27H37N3O4S/c1-19(2)18-28-25(31)20-13-15-30(16-14-20)26(32)21-7-6-8-23(17-21)29-35(33,34)24-11-9-22(10-12-24)27(3,4)5/h6-12,17,19-20,29H,13-16,18H2,1-5H3,(H,28,31). The van der Waals surface area contributed by atoms with Crippen LogP contribution in [0, 0.1) is 11.8 Å². The molecule has 1 fully saturated rings. The van der Waals surface area contributed by atoms with Crippen LogP contribution in [0.25, 0.3) is 0 Å². The fourth-order valence-electron chi connectivity index (χ4n) is 4.04. The molecular weight excluding hydrogens is 462 g/mol. The molecule has 1 aliphatic rings. The molecule has 0 atom stereocenters. The van der Waals surface area contributed by atoms with Crippen molar-refractivity contribution in [1.29, 1.82) is 0 Å². The van der Waals surface area contributed by atoms with Crippen LogP contribution in [0.1, 0.15) is 63.4 Å². The van der Waals surface area contributed by atoms with E-state index in [1.807, 2.05) is 12.1 Å². The molecule has 1 aliphatic heterocycles. The lowest BCUT2D eigenvalue weighted by Gasteiger charge is -2.31. The Bertz CT molecular complexity index is 1140. The van der Waals surface area contributed by atoms with E-state index in [0.29, 0.717) is 49.6 Å². The lowest BCUT2D eigenvalue weighted by atomic mass is 9.87. The minimum absolute atomic E-state index is 0.0535. The highest BCUT2D eigenvalue weighted by Crippen LogP contribution is 2.25. The lowest BCUT2D eigenvalue weighted by Crippen LogP contribution is -2.43. The first-order chi connectivity index (χ1) is 16.4. The van der Waals surface area contributed by atoms with Crippen molar-refractivity contribution in [1.82, 2.24) is 10.2 Å². The van der Waals surface area contributed by atoms with E-state index in [9.17, 15) is 18.0 Å². The van der Waals surface area contributed by atoms with Crippen molar-refractivity contribution in [2.45, 2.75) is 57.8 Å². The maximum Gasteiger partial charge on any atom is 0.261 e. The van der Waals surface area contributed by atoms with Gasteiger partial charge in [0.15, 0.2) is 0 Å². The molecule has 0 radical (unpaired) electrons. The van der Waals surface area contributed by atoms with E-state index in [-0.39, 0.29) is 28.0 Å². The fraction of sp³-hybridized carbons (Fsp3) is 0.481. The summed E-state index contributed by atoms with van der Waals surface area (Å²) in [6.07, 6.45) is 1.24. The van der Waals surface area contributed by atoms with Crippen LogP contribution in [-0.2, 0) is 20.2 Å². The van der Waals surface area contributed by atoms with Crippen molar-refractivity contribution in [2.75, 3.05) is 24.4 Å². The highest BCUT2D eigenvalue weighted by molar-refractivity contribution is 7.92. The highest BCUT2D eigenvalue weighted by atomic mass is 32.2. The van der Waals surface area contributed by atoms with Gasteiger partial charge in [-0.3, -0.25) is 14.3 Å². The first-order valence-electron chi connectivity index (χ1n) is 12.2. The molecule has 0 saturated carbocycles. The summed E-state index contributed by atoms with van der Waals surface area (Å²) in [5.41, 5.74) is 1.72. The molecule has 0 bridgehead atoms. The van der Waals surface area contributed by atoms with Crippen LogP contribution in [0.5, 0.6) is 0 Å². The van der Waals surface area contributed by atoms with Gasteiger partial charge in [0.2, 0.25) is 5.91 Å². The Morgan fingerprint density at radius 3 is 2.23 bits per heavy atom. The summed E-state index contributed by atoms with van der Waals surface area (Å²) in [6, 6.07) is 13.4. The number of piperidine rings is 1. The van der Waals surface area contributed by atoms with Crippen LogP contribution in [0.15, 0.2) is 53.4 Å². The van der Waals surface area contributed by atoms with Crippen LogP contribution in [0.4, 0.5) is 5.69 Å². The molecule has 0 unspecified atom stereocenters. The summed E-state index contributed by atoms with van der Waals surface area (Å²) in [4.78, 5) is 27.3. The number of benzene rings is 2. The Morgan fingerprint density at radius 2 is 1.66 bits per heavy atom. The van der Waals surface area contributed by atoms with E-state index in [4.69, 9.17) is 0 Å². The summed E-state index contributed by atoms with van der Waals surface area (Å²) < 4.78 is 28.4. The molecule has 35 heavy (non-hydrogen) atoms. The van der Waals surface area contributed by atoms with Crippen LogP contribution < -0.4 is 10.0 Å². The number of likely N-dealkylation sites (tertiary alicyclic amines) is 1. The minimum atomic E-state index is -3.79. The Balaban J connectivity index is 1.64. The average Bonchev–Trinajstić information content (AvgIpc) is 2.81. The summed E-state index contributed by atoms with van der Waals surface area (Å²) in [5, 5.41) is 2.97. The van der Waals surface area contributed by atoms with E-state index in [0.717, 1.165) is 5.56 Å². The summed E-state index contributed by atoms with van der Waals surface area (Å²) >= 11 is 0. The molecule has 2 aromatic rings. The first kappa shape index (κ1) is 26.7. The summed E-state index contributed by atoms with van der Waals surface area (Å²) in [5.74, 6) is 0.202. The molecule has 1 saturated heterocycles. The van der Waals surface area contributed by atoms with Crippen molar-refractivity contribution in [3.05, 3.63) is 59.7 Å². The van der Waals surface area contributed by atoms with Gasteiger partial charge in [0.25, 0.3) is 15.9 Å². The number of sulfonamides is 1. The van der Waals surface area contributed by atoms with E-state index >= 15 is 0 Å². The lowest BCUT2D eigenvalue weighted by molar-refractivity contribution is -0.126. The van der Waals surface area contributed by atoms with Gasteiger partial charge in [0, 0.05) is 36.8 Å². The molecule has 0 aromatic heterocycles. The SMILES string of the molecule is CC(C)CNC(=O)C1CCN(C(=O)c2cccc(NS(=O)(=O)c3ccc(C(C)(C)C)cc3)c2)CC1. The monoisotopic (exact) mass is 499 g/mol. The Labute approximate surface area is 209 Å². The van der Waals surface area contributed by atoms with Crippen molar-refractivity contribution in [3.63, 3.8) is 0 Å². The molecule has 0 aliphatic carbocycles. The molecule has 190 valence electrons. The predicted molar refractivity (Wildman–Crippen MR) is 139 cm³/mol. The number of nitrogens with zero attached hydrogens (tertiary/aromatic N) is 1. The van der Waals surface area contributed by atoms with Crippen LogP contribution >= 0.6 is 0 Å². The van der Waals surface area contributed by atoms with Gasteiger partial charge in [-0.15, -0.1) is 0 Å². The normalized spacial score (nSPS) is 15.2. The number of carbonyl (C=O) groups is 2. The maximum atomic E-state index is 13.1. The van der Waals surface area contributed by atoms with Gasteiger partial charge in [0.05, 0.1) is 4.90 Å². The van der Waals surface area contributed by atoms with Gasteiger partial charge in [-0.05, 0) is 60.1 Å².